The van der Waals surface area contributed by atoms with Gasteiger partial charge >= 0.3 is 5.95 Å². The molecule has 2 aliphatic rings. The van der Waals surface area contributed by atoms with Crippen LogP contribution >= 0.6 is 23.2 Å². The molecular weight excluding hydrogens is 590 g/mol. The van der Waals surface area contributed by atoms with Gasteiger partial charge in [-0.15, -0.1) is 0 Å². The number of ether oxygens (including phenoxy) is 1. The van der Waals surface area contributed by atoms with E-state index in [0.717, 1.165) is 29.7 Å². The van der Waals surface area contributed by atoms with Crippen molar-refractivity contribution in [1.29, 1.82) is 0 Å². The number of likely N-dealkylation sites (tertiary alicyclic amines) is 1. The molecule has 0 radical (unpaired) electrons. The van der Waals surface area contributed by atoms with E-state index in [4.69, 9.17) is 43.6 Å². The number of hydrogen-bond donors (Lipinski definition) is 2. The first-order valence-electron chi connectivity index (χ1n) is 13.9. The number of nitrogens with zero attached hydrogens (tertiary/aromatic N) is 4. The molecule has 0 bridgehead atoms. The quantitative estimate of drug-likeness (QED) is 0.289. The zero-order valence-corrected chi connectivity index (χ0v) is 25.2. The molecule has 1 fully saturated rings. The van der Waals surface area contributed by atoms with Crippen LogP contribution in [0.3, 0.4) is 0 Å². The van der Waals surface area contributed by atoms with E-state index in [1.165, 1.54) is 13.2 Å². The molecule has 2 aliphatic heterocycles. The van der Waals surface area contributed by atoms with E-state index in [1.54, 1.807) is 52.8 Å². The predicted molar refractivity (Wildman–Crippen MR) is 165 cm³/mol. The molecule has 1 saturated heterocycles. The number of carbonyl (C=O) groups is 1. The summed E-state index contributed by atoms with van der Waals surface area (Å²) in [4.78, 5) is 29.2. The van der Waals surface area contributed by atoms with Gasteiger partial charge in [0.15, 0.2) is 0 Å². The summed E-state index contributed by atoms with van der Waals surface area (Å²) in [6.45, 7) is 3.33. The monoisotopic (exact) mass is 619 g/mol. The summed E-state index contributed by atoms with van der Waals surface area (Å²) in [5.41, 5.74) is 10.6. The average Bonchev–Trinajstić information content (AvgIpc) is 3.12. The normalized spacial score (nSPS) is 17.9. The van der Waals surface area contributed by atoms with Crippen molar-refractivity contribution in [3.8, 4) is 17.0 Å². The fourth-order valence-electron chi connectivity index (χ4n) is 5.68. The number of amides is 1. The van der Waals surface area contributed by atoms with Crippen LogP contribution in [0.25, 0.3) is 11.3 Å². The molecule has 6 rings (SSSR count). The molecule has 11 heteroatoms. The number of benzene rings is 3. The number of carbonyl (C=O) groups excluding carboxylic acids is 1. The van der Waals surface area contributed by atoms with Crippen molar-refractivity contribution in [2.75, 3.05) is 20.2 Å². The molecular formula is C32H30Cl2FN6O2+. The highest BCUT2D eigenvalue weighted by Gasteiger charge is 2.31. The summed E-state index contributed by atoms with van der Waals surface area (Å²) in [6.07, 6.45) is 3.45. The van der Waals surface area contributed by atoms with Crippen molar-refractivity contribution in [3.05, 3.63) is 98.9 Å². The lowest BCUT2D eigenvalue weighted by molar-refractivity contribution is -0.487. The molecule has 1 aromatic heterocycles. The van der Waals surface area contributed by atoms with Crippen molar-refractivity contribution in [3.63, 3.8) is 0 Å². The topological polar surface area (TPSA) is 110 Å². The van der Waals surface area contributed by atoms with E-state index >= 15 is 4.39 Å². The van der Waals surface area contributed by atoms with E-state index in [9.17, 15) is 4.79 Å². The molecule has 0 aliphatic carbocycles. The molecule has 0 spiro atoms. The van der Waals surface area contributed by atoms with E-state index < -0.39 is 11.4 Å². The standard InChI is InChI=1S/C32H29Cl2FN6O2/c1-32(36)11-4-12-41(17-32)30(42)22-10-8-20(14-24(22)34)39-31-38-16-18-15-37-29(27-25(35)5-3-6-26(27)43-2)23-13-19(33)7-9-21(23)28(18)40-31/h3,5-10,13-14,16H,4,11-12,15,17,36H2,1-2H3,(H,38,39,40)/p+1. The van der Waals surface area contributed by atoms with Crippen LogP contribution in [-0.2, 0) is 6.54 Å². The minimum absolute atomic E-state index is 0.133. The third-order valence-electron chi connectivity index (χ3n) is 7.75. The highest BCUT2D eigenvalue weighted by Crippen LogP contribution is 2.36. The Morgan fingerprint density at radius 1 is 1.14 bits per heavy atom. The van der Waals surface area contributed by atoms with Crippen molar-refractivity contribution < 1.29 is 19.2 Å². The highest BCUT2D eigenvalue weighted by molar-refractivity contribution is 6.34. The number of hydrogen-bond acceptors (Lipinski definition) is 6. The number of rotatable bonds is 5. The fraction of sp³-hybridized carbons (Fsp3) is 0.250. The number of quaternary nitrogens is 1. The van der Waals surface area contributed by atoms with Gasteiger partial charge < -0.3 is 15.4 Å². The van der Waals surface area contributed by atoms with Gasteiger partial charge in [-0.05, 0) is 50.1 Å². The molecule has 43 heavy (non-hydrogen) atoms. The molecule has 3 aromatic carbocycles. The zero-order valence-electron chi connectivity index (χ0n) is 23.7. The lowest BCUT2D eigenvalue weighted by Gasteiger charge is -2.38. The van der Waals surface area contributed by atoms with Crippen molar-refractivity contribution in [1.82, 2.24) is 14.9 Å². The Hall–Kier alpha value is -3.89. The average molecular weight is 621 g/mol. The molecule has 4 N–H and O–H groups in total. The summed E-state index contributed by atoms with van der Waals surface area (Å²) in [7, 11) is 1.49. The van der Waals surface area contributed by atoms with E-state index in [0.29, 0.717) is 57.4 Å². The first kappa shape index (κ1) is 29.2. The summed E-state index contributed by atoms with van der Waals surface area (Å²) in [6, 6.07) is 15.3. The zero-order chi connectivity index (χ0) is 30.3. The third kappa shape index (κ3) is 5.86. The largest absolute Gasteiger partial charge is 0.496 e. The number of aromatic nitrogens is 2. The van der Waals surface area contributed by atoms with Crippen LogP contribution in [0.5, 0.6) is 5.75 Å². The van der Waals surface area contributed by atoms with Crippen LogP contribution in [0.15, 0.2) is 65.8 Å². The van der Waals surface area contributed by atoms with Gasteiger partial charge in [-0.3, -0.25) is 9.79 Å². The van der Waals surface area contributed by atoms with Crippen molar-refractivity contribution >= 4 is 46.5 Å². The number of aliphatic imine (C=N–C) groups is 1. The van der Waals surface area contributed by atoms with E-state index in [1.807, 2.05) is 19.1 Å². The number of piperidine rings is 1. The SMILES string of the molecule is COc1cccc(F)c1C1=NCc2cnc([NH2+]c3ccc(C(=O)N4CCCC(C)(N)C4)c(Cl)c3)nc2-c2ccc(Cl)cc21. The van der Waals surface area contributed by atoms with Crippen molar-refractivity contribution in [2.45, 2.75) is 31.8 Å². The van der Waals surface area contributed by atoms with Gasteiger partial charge in [-0.2, -0.15) is 9.97 Å². The smallest absolute Gasteiger partial charge is 0.331 e. The minimum atomic E-state index is -0.453. The van der Waals surface area contributed by atoms with Gasteiger partial charge in [-0.25, -0.2) is 9.71 Å². The Labute approximate surface area is 258 Å². The summed E-state index contributed by atoms with van der Waals surface area (Å²) in [5.74, 6) is 0.224. The van der Waals surface area contributed by atoms with Crippen LogP contribution in [0.1, 0.15) is 46.8 Å². The van der Waals surface area contributed by atoms with Crippen LogP contribution in [0.2, 0.25) is 10.0 Å². The fourth-order valence-corrected chi connectivity index (χ4v) is 6.12. The molecule has 0 saturated carbocycles. The Kier molecular flexibility index (Phi) is 7.91. The Balaban J connectivity index is 1.31. The van der Waals surface area contributed by atoms with Crippen LogP contribution < -0.4 is 15.8 Å². The molecule has 3 heterocycles. The minimum Gasteiger partial charge on any atom is -0.496 e. The van der Waals surface area contributed by atoms with Gasteiger partial charge in [0.1, 0.15) is 17.3 Å². The number of fused-ring (bicyclic) bond motifs is 3. The van der Waals surface area contributed by atoms with Crippen LogP contribution in [0.4, 0.5) is 16.0 Å². The van der Waals surface area contributed by atoms with Gasteiger partial charge in [0.25, 0.3) is 5.91 Å². The number of nitrogens with two attached hydrogens (primary N) is 2. The number of methoxy groups -OCH3 is 1. The predicted octanol–water partition coefficient (Wildman–Crippen LogP) is 5.43. The summed E-state index contributed by atoms with van der Waals surface area (Å²) < 4.78 is 20.6. The van der Waals surface area contributed by atoms with Gasteiger partial charge in [0, 0.05) is 58.7 Å². The van der Waals surface area contributed by atoms with Gasteiger partial charge in [0.05, 0.1) is 41.2 Å². The maximum absolute atomic E-state index is 15.2. The van der Waals surface area contributed by atoms with Gasteiger partial charge in [0.2, 0.25) is 0 Å². The molecule has 4 aromatic rings. The van der Waals surface area contributed by atoms with Gasteiger partial charge in [-0.1, -0.05) is 35.3 Å². The first-order chi connectivity index (χ1) is 20.6. The van der Waals surface area contributed by atoms with E-state index in [-0.39, 0.29) is 18.0 Å². The highest BCUT2D eigenvalue weighted by atomic mass is 35.5. The maximum Gasteiger partial charge on any atom is 0.331 e. The number of halogens is 3. The van der Waals surface area contributed by atoms with Crippen LogP contribution in [-0.4, -0.2) is 52.2 Å². The lowest BCUT2D eigenvalue weighted by atomic mass is 9.92. The third-order valence-corrected chi connectivity index (χ3v) is 8.30. The lowest BCUT2D eigenvalue weighted by Crippen LogP contribution is -2.72. The second-order valence-corrected chi connectivity index (χ2v) is 12.0. The molecule has 220 valence electrons. The van der Waals surface area contributed by atoms with E-state index in [2.05, 4.69) is 4.98 Å². The second-order valence-electron chi connectivity index (χ2n) is 11.1. The Morgan fingerprint density at radius 3 is 2.74 bits per heavy atom. The molecule has 1 unspecified atom stereocenters. The molecule has 8 nitrogen and oxygen atoms in total. The maximum atomic E-state index is 15.2. The Bertz CT molecular complexity index is 1780. The first-order valence-corrected chi connectivity index (χ1v) is 14.6. The molecule has 1 atom stereocenters. The summed E-state index contributed by atoms with van der Waals surface area (Å²) in [5, 5.41) is 2.62. The Morgan fingerprint density at radius 2 is 1.98 bits per heavy atom. The van der Waals surface area contributed by atoms with Crippen molar-refractivity contribution in [2.24, 2.45) is 10.7 Å². The second kappa shape index (κ2) is 11.7. The molecule has 1 amide bonds. The summed E-state index contributed by atoms with van der Waals surface area (Å²) >= 11 is 13.0. The van der Waals surface area contributed by atoms with Crippen LogP contribution in [0, 0.1) is 5.82 Å².